The number of nitro benzene ring substituents is 1. The van der Waals surface area contributed by atoms with Crippen molar-refractivity contribution in [2.45, 2.75) is 13.1 Å². The molecule has 1 amide bonds. The van der Waals surface area contributed by atoms with Crippen molar-refractivity contribution in [1.29, 1.82) is 0 Å². The second-order valence-corrected chi connectivity index (χ2v) is 5.19. The van der Waals surface area contributed by atoms with Crippen LogP contribution in [-0.4, -0.2) is 27.3 Å². The largest absolute Gasteiger partial charge is 0.467 e. The summed E-state index contributed by atoms with van der Waals surface area (Å²) in [6, 6.07) is 7.25. The SMILES string of the molecule is CN(Cc1ccco1)C(=O)Cn1c(=O)oc2cc([N+](=O)[O-])ccc21. The molecule has 0 saturated carbocycles. The molecule has 0 aliphatic rings. The lowest BCUT2D eigenvalue weighted by Gasteiger charge is -2.15. The van der Waals surface area contributed by atoms with Crippen LogP contribution >= 0.6 is 0 Å². The third-order valence-electron chi connectivity index (χ3n) is 3.55. The number of likely N-dealkylation sites (N-methyl/N-ethyl adjacent to an activating group) is 1. The fraction of sp³-hybridized carbons (Fsp3) is 0.200. The molecule has 0 unspecified atom stereocenters. The van der Waals surface area contributed by atoms with Gasteiger partial charge in [-0.15, -0.1) is 0 Å². The molecule has 0 aliphatic heterocycles. The molecule has 124 valence electrons. The molecule has 2 aromatic heterocycles. The number of furan rings is 1. The molecule has 9 nitrogen and oxygen atoms in total. The van der Waals surface area contributed by atoms with E-state index in [0.29, 0.717) is 11.3 Å². The number of aromatic nitrogens is 1. The summed E-state index contributed by atoms with van der Waals surface area (Å²) in [5.41, 5.74) is 0.200. The third kappa shape index (κ3) is 2.91. The van der Waals surface area contributed by atoms with Crippen LogP contribution in [0.4, 0.5) is 5.69 Å². The molecule has 0 radical (unpaired) electrons. The number of nitrogens with zero attached hydrogens (tertiary/aromatic N) is 3. The molecule has 2 heterocycles. The number of hydrogen-bond donors (Lipinski definition) is 0. The Balaban J connectivity index is 1.84. The minimum absolute atomic E-state index is 0.0655. The molecule has 0 atom stereocenters. The maximum Gasteiger partial charge on any atom is 0.420 e. The Bertz CT molecular complexity index is 953. The molecule has 24 heavy (non-hydrogen) atoms. The number of oxazole rings is 1. The number of non-ortho nitro benzene ring substituents is 1. The summed E-state index contributed by atoms with van der Waals surface area (Å²) in [6.07, 6.45) is 1.51. The molecule has 9 heteroatoms. The summed E-state index contributed by atoms with van der Waals surface area (Å²) in [7, 11) is 1.59. The lowest BCUT2D eigenvalue weighted by molar-refractivity contribution is -0.384. The van der Waals surface area contributed by atoms with Crippen molar-refractivity contribution in [2.24, 2.45) is 0 Å². The van der Waals surface area contributed by atoms with Gasteiger partial charge in [-0.1, -0.05) is 0 Å². The molecule has 3 rings (SSSR count). The highest BCUT2D eigenvalue weighted by atomic mass is 16.6. The van der Waals surface area contributed by atoms with Crippen LogP contribution in [0, 0.1) is 10.1 Å². The van der Waals surface area contributed by atoms with E-state index in [0.717, 1.165) is 10.6 Å². The van der Waals surface area contributed by atoms with Gasteiger partial charge in [0.25, 0.3) is 5.69 Å². The second-order valence-electron chi connectivity index (χ2n) is 5.19. The first kappa shape index (κ1) is 15.5. The van der Waals surface area contributed by atoms with Gasteiger partial charge in [0, 0.05) is 13.1 Å². The van der Waals surface area contributed by atoms with Gasteiger partial charge in [-0.05, 0) is 18.2 Å². The standard InChI is InChI=1S/C15H13N3O6/c1-16(8-11-3-2-6-23-11)14(19)9-17-12-5-4-10(18(21)22)7-13(12)24-15(17)20/h2-7H,8-9H2,1H3. The van der Waals surface area contributed by atoms with Gasteiger partial charge in [-0.25, -0.2) is 4.79 Å². The number of fused-ring (bicyclic) bond motifs is 1. The van der Waals surface area contributed by atoms with Crippen molar-refractivity contribution >= 4 is 22.7 Å². The molecule has 0 fully saturated rings. The number of amides is 1. The predicted molar refractivity (Wildman–Crippen MR) is 82.3 cm³/mol. The van der Waals surface area contributed by atoms with E-state index in [-0.39, 0.29) is 30.3 Å². The smallest absolute Gasteiger partial charge is 0.420 e. The number of carbonyl (C=O) groups excluding carboxylic acids is 1. The number of nitro groups is 1. The molecule has 0 bridgehead atoms. The minimum atomic E-state index is -0.745. The third-order valence-corrected chi connectivity index (χ3v) is 3.55. The Labute approximate surface area is 134 Å². The number of carbonyl (C=O) groups is 1. The molecule has 1 aromatic carbocycles. The van der Waals surface area contributed by atoms with Crippen LogP contribution in [0.15, 0.2) is 50.2 Å². The van der Waals surface area contributed by atoms with E-state index in [2.05, 4.69) is 0 Å². The normalized spacial score (nSPS) is 10.9. The Hall–Kier alpha value is -3.36. The summed E-state index contributed by atoms with van der Waals surface area (Å²) in [6.45, 7) is 0.0304. The van der Waals surface area contributed by atoms with Crippen molar-refractivity contribution in [1.82, 2.24) is 9.47 Å². The number of benzene rings is 1. The summed E-state index contributed by atoms with van der Waals surface area (Å²) >= 11 is 0. The summed E-state index contributed by atoms with van der Waals surface area (Å²) in [5, 5.41) is 10.8. The fourth-order valence-corrected chi connectivity index (χ4v) is 2.30. The topological polar surface area (TPSA) is 112 Å². The van der Waals surface area contributed by atoms with Crippen molar-refractivity contribution < 1.29 is 18.6 Å². The summed E-state index contributed by atoms with van der Waals surface area (Å²) < 4.78 is 11.3. The average Bonchev–Trinajstić information content (AvgIpc) is 3.15. The van der Waals surface area contributed by atoms with E-state index in [4.69, 9.17) is 8.83 Å². The van der Waals surface area contributed by atoms with E-state index in [1.54, 1.807) is 19.2 Å². The predicted octanol–water partition coefficient (Wildman–Crippen LogP) is 1.75. The van der Waals surface area contributed by atoms with Gasteiger partial charge in [0.05, 0.1) is 29.3 Å². The molecule has 0 saturated heterocycles. The highest BCUT2D eigenvalue weighted by Crippen LogP contribution is 2.20. The first-order valence-electron chi connectivity index (χ1n) is 7.00. The van der Waals surface area contributed by atoms with Crippen LogP contribution in [0.3, 0.4) is 0 Å². The van der Waals surface area contributed by atoms with E-state index in [1.807, 2.05) is 0 Å². The summed E-state index contributed by atoms with van der Waals surface area (Å²) in [4.78, 5) is 35.8. The van der Waals surface area contributed by atoms with Crippen LogP contribution in [0.2, 0.25) is 0 Å². The van der Waals surface area contributed by atoms with E-state index >= 15 is 0 Å². The zero-order valence-corrected chi connectivity index (χ0v) is 12.7. The highest BCUT2D eigenvalue weighted by molar-refractivity contribution is 5.80. The van der Waals surface area contributed by atoms with Crippen LogP contribution in [-0.2, 0) is 17.9 Å². The second kappa shape index (κ2) is 6.03. The number of hydrogen-bond acceptors (Lipinski definition) is 6. The Morgan fingerprint density at radius 3 is 2.83 bits per heavy atom. The lowest BCUT2D eigenvalue weighted by Crippen LogP contribution is -2.32. The molecule has 0 aliphatic carbocycles. The van der Waals surface area contributed by atoms with E-state index < -0.39 is 10.7 Å². The van der Waals surface area contributed by atoms with Crippen LogP contribution in [0.25, 0.3) is 11.1 Å². The van der Waals surface area contributed by atoms with Gasteiger partial charge in [0.15, 0.2) is 5.58 Å². The van der Waals surface area contributed by atoms with Crippen molar-refractivity contribution in [3.8, 4) is 0 Å². The quantitative estimate of drug-likeness (QED) is 0.520. The zero-order chi connectivity index (χ0) is 17.3. The molecular weight excluding hydrogens is 318 g/mol. The average molecular weight is 331 g/mol. The van der Waals surface area contributed by atoms with Gasteiger partial charge in [-0.2, -0.15) is 0 Å². The van der Waals surface area contributed by atoms with Crippen LogP contribution in [0.1, 0.15) is 5.76 Å². The zero-order valence-electron chi connectivity index (χ0n) is 12.7. The van der Waals surface area contributed by atoms with Gasteiger partial charge >= 0.3 is 5.76 Å². The van der Waals surface area contributed by atoms with Gasteiger partial charge < -0.3 is 13.7 Å². The molecular formula is C15H13N3O6. The maximum atomic E-state index is 12.3. The fourth-order valence-electron chi connectivity index (χ4n) is 2.30. The molecule has 0 spiro atoms. The van der Waals surface area contributed by atoms with Crippen molar-refractivity contribution in [2.75, 3.05) is 7.05 Å². The number of rotatable bonds is 5. The van der Waals surface area contributed by atoms with Gasteiger partial charge in [0.1, 0.15) is 12.3 Å². The maximum absolute atomic E-state index is 12.3. The monoisotopic (exact) mass is 331 g/mol. The van der Waals surface area contributed by atoms with E-state index in [9.17, 15) is 19.7 Å². The van der Waals surface area contributed by atoms with Crippen LogP contribution < -0.4 is 5.76 Å². The van der Waals surface area contributed by atoms with Crippen molar-refractivity contribution in [3.05, 3.63) is 63.0 Å². The minimum Gasteiger partial charge on any atom is -0.467 e. The van der Waals surface area contributed by atoms with Gasteiger partial charge in [-0.3, -0.25) is 19.5 Å². The van der Waals surface area contributed by atoms with Crippen molar-refractivity contribution in [3.63, 3.8) is 0 Å². The molecule has 3 aromatic rings. The Morgan fingerprint density at radius 2 is 2.17 bits per heavy atom. The first-order valence-corrected chi connectivity index (χ1v) is 7.00. The highest BCUT2D eigenvalue weighted by Gasteiger charge is 2.18. The molecule has 0 N–H and O–H groups in total. The van der Waals surface area contributed by atoms with Gasteiger partial charge in [0.2, 0.25) is 5.91 Å². The Kier molecular flexibility index (Phi) is 3.90. The lowest BCUT2D eigenvalue weighted by atomic mass is 10.3. The summed E-state index contributed by atoms with van der Waals surface area (Å²) in [5.74, 6) is -0.453. The first-order chi connectivity index (χ1) is 11.5. The van der Waals surface area contributed by atoms with Crippen LogP contribution in [0.5, 0.6) is 0 Å². The Morgan fingerprint density at radius 1 is 1.38 bits per heavy atom. The van der Waals surface area contributed by atoms with E-state index in [1.165, 1.54) is 23.3 Å².